The van der Waals surface area contributed by atoms with Crippen LogP contribution >= 0.6 is 0 Å². The summed E-state index contributed by atoms with van der Waals surface area (Å²) in [5.74, 6) is 0.757. The number of anilines is 1. The number of imidazole rings is 1. The highest BCUT2D eigenvalue weighted by Crippen LogP contribution is 2.41. The molecular formula is C28H26N6O11. The number of hydrogen-bond acceptors (Lipinski definition) is 14. The maximum Gasteiger partial charge on any atom is 0.508 e. The second kappa shape index (κ2) is 12.6. The molecule has 17 heteroatoms. The van der Waals surface area contributed by atoms with Crippen LogP contribution in [0, 0.1) is 10.1 Å². The van der Waals surface area contributed by atoms with Gasteiger partial charge in [0.1, 0.15) is 37.1 Å². The average Bonchev–Trinajstić information content (AvgIpc) is 3.77. The number of nitro benzene ring substituents is 1. The van der Waals surface area contributed by atoms with Crippen LogP contribution in [0.1, 0.15) is 31.2 Å². The molecule has 2 aromatic carbocycles. The highest BCUT2D eigenvalue weighted by atomic mass is 16.7. The van der Waals surface area contributed by atoms with Crippen molar-refractivity contribution in [1.82, 2.24) is 19.5 Å². The molecule has 2 N–H and O–H groups in total. The molecule has 6 rings (SSSR count). The van der Waals surface area contributed by atoms with Gasteiger partial charge in [0, 0.05) is 6.42 Å². The van der Waals surface area contributed by atoms with Gasteiger partial charge < -0.3 is 38.8 Å². The van der Waals surface area contributed by atoms with Gasteiger partial charge in [-0.25, -0.2) is 19.7 Å². The summed E-state index contributed by atoms with van der Waals surface area (Å²) in [5, 5.41) is 24.8. The third-order valence-electron chi connectivity index (χ3n) is 7.04. The summed E-state index contributed by atoms with van der Waals surface area (Å²) < 4.78 is 33.8. The number of amides is 1. The number of ether oxygens (including phenoxy) is 6. The van der Waals surface area contributed by atoms with Crippen LogP contribution in [-0.2, 0) is 19.0 Å². The molecule has 234 valence electrons. The number of para-hydroxylation sites is 1. The molecule has 17 nitrogen and oxygen atoms in total. The molecule has 0 aliphatic carbocycles. The highest BCUT2D eigenvalue weighted by Gasteiger charge is 2.37. The van der Waals surface area contributed by atoms with Crippen LogP contribution in [-0.4, -0.2) is 73.8 Å². The lowest BCUT2D eigenvalue weighted by atomic mass is 10.1. The number of nitrogens with one attached hydrogen (secondary N) is 1. The first-order chi connectivity index (χ1) is 21.8. The Hall–Kier alpha value is -5.55. The minimum atomic E-state index is -1.12. The Balaban J connectivity index is 1.05. The minimum Gasteiger partial charge on any atom is -0.484 e. The molecule has 2 aliphatic heterocycles. The second-order valence-corrected chi connectivity index (χ2v) is 9.97. The molecule has 0 radical (unpaired) electrons. The molecule has 0 spiro atoms. The quantitative estimate of drug-likeness (QED) is 0.148. The number of aliphatic hydroxyl groups is 1. The van der Waals surface area contributed by atoms with Gasteiger partial charge in [0.05, 0.1) is 29.0 Å². The Kier molecular flexibility index (Phi) is 8.26. The van der Waals surface area contributed by atoms with Crippen molar-refractivity contribution >= 4 is 34.7 Å². The van der Waals surface area contributed by atoms with E-state index in [1.54, 1.807) is 28.8 Å². The number of nitrogens with zero attached hydrogens (tertiary/aromatic N) is 5. The first kappa shape index (κ1) is 29.5. The van der Waals surface area contributed by atoms with Crippen LogP contribution in [0.3, 0.4) is 0 Å². The number of nitro groups is 1. The molecule has 4 aromatic rings. The van der Waals surface area contributed by atoms with E-state index in [1.807, 2.05) is 6.07 Å². The third kappa shape index (κ3) is 6.38. The molecular weight excluding hydrogens is 596 g/mol. The lowest BCUT2D eigenvalue weighted by Gasteiger charge is -2.17. The van der Waals surface area contributed by atoms with Gasteiger partial charge in [0.2, 0.25) is 6.79 Å². The number of benzene rings is 2. The first-order valence-corrected chi connectivity index (χ1v) is 13.7. The van der Waals surface area contributed by atoms with E-state index in [4.69, 9.17) is 28.4 Å². The van der Waals surface area contributed by atoms with E-state index >= 15 is 0 Å². The van der Waals surface area contributed by atoms with Gasteiger partial charge in [-0.05, 0) is 25.1 Å². The van der Waals surface area contributed by atoms with Crippen molar-refractivity contribution in [2.75, 3.05) is 25.3 Å². The molecule has 1 fully saturated rings. The van der Waals surface area contributed by atoms with E-state index in [1.165, 1.54) is 31.7 Å². The summed E-state index contributed by atoms with van der Waals surface area (Å²) in [4.78, 5) is 48.5. The molecule has 2 aliphatic rings. The first-order valence-electron chi connectivity index (χ1n) is 13.7. The Bertz CT molecular complexity index is 1730. The van der Waals surface area contributed by atoms with Crippen LogP contribution in [0.2, 0.25) is 0 Å². The van der Waals surface area contributed by atoms with Crippen LogP contribution in [0.5, 0.6) is 17.2 Å². The van der Waals surface area contributed by atoms with Crippen molar-refractivity contribution in [3.8, 4) is 17.2 Å². The molecule has 1 saturated heterocycles. The number of carbonyl (C=O) groups is 2. The maximum atomic E-state index is 12.5. The highest BCUT2D eigenvalue weighted by molar-refractivity contribution is 5.97. The van der Waals surface area contributed by atoms with E-state index in [2.05, 4.69) is 20.3 Å². The zero-order valence-corrected chi connectivity index (χ0v) is 23.6. The summed E-state index contributed by atoms with van der Waals surface area (Å²) in [7, 11) is 0. The Labute approximate surface area is 253 Å². The summed E-state index contributed by atoms with van der Waals surface area (Å²) in [6, 6.07) is 11.4. The lowest BCUT2D eigenvalue weighted by molar-refractivity contribution is -0.386. The fourth-order valence-corrected chi connectivity index (χ4v) is 4.85. The van der Waals surface area contributed by atoms with Gasteiger partial charge in [-0.3, -0.25) is 19.5 Å². The van der Waals surface area contributed by atoms with Crippen molar-refractivity contribution in [3.05, 3.63) is 70.8 Å². The van der Waals surface area contributed by atoms with Crippen molar-refractivity contribution in [2.24, 2.45) is 0 Å². The molecule has 0 bridgehead atoms. The Morgan fingerprint density at radius 1 is 1.18 bits per heavy atom. The number of hydrogen-bond donors (Lipinski definition) is 2. The molecule has 45 heavy (non-hydrogen) atoms. The Morgan fingerprint density at radius 3 is 2.73 bits per heavy atom. The number of rotatable bonds is 10. The molecule has 0 saturated carbocycles. The third-order valence-corrected chi connectivity index (χ3v) is 7.04. The maximum absolute atomic E-state index is 12.5. The van der Waals surface area contributed by atoms with Gasteiger partial charge >= 0.3 is 6.16 Å². The van der Waals surface area contributed by atoms with E-state index in [0.717, 1.165) is 0 Å². The monoisotopic (exact) mass is 622 g/mol. The van der Waals surface area contributed by atoms with Gasteiger partial charge in [0.25, 0.3) is 11.6 Å². The predicted octanol–water partition coefficient (Wildman–Crippen LogP) is 3.04. The normalized spacial score (nSPS) is 19.2. The van der Waals surface area contributed by atoms with E-state index in [0.29, 0.717) is 16.9 Å². The lowest BCUT2D eigenvalue weighted by Crippen LogP contribution is -2.28. The zero-order chi connectivity index (χ0) is 31.5. The Morgan fingerprint density at radius 2 is 1.96 bits per heavy atom. The zero-order valence-electron chi connectivity index (χ0n) is 23.6. The topological polar surface area (TPSA) is 209 Å². The van der Waals surface area contributed by atoms with Crippen LogP contribution in [0.4, 0.5) is 16.3 Å². The summed E-state index contributed by atoms with van der Waals surface area (Å²) in [6.07, 6.45) is -2.06. The molecule has 4 atom stereocenters. The molecule has 4 heterocycles. The van der Waals surface area contributed by atoms with Crippen LogP contribution in [0.25, 0.3) is 11.2 Å². The summed E-state index contributed by atoms with van der Waals surface area (Å²) in [6.45, 7) is 0.755. The predicted molar refractivity (Wildman–Crippen MR) is 150 cm³/mol. The number of aliphatic hydroxyl groups excluding tert-OH is 1. The SMILES string of the molecule is CC(OC(=O)OC[C@H]1O[C@@H](n2cnc3c(NC(=O)COc4ccccc4)ncnc32)C[C@@H]1O)c1cc2c(cc1[N+](=O)[O-])OCO2. The second-order valence-electron chi connectivity index (χ2n) is 9.97. The molecule has 1 amide bonds. The van der Waals surface area contributed by atoms with Gasteiger partial charge in [-0.15, -0.1) is 0 Å². The smallest absolute Gasteiger partial charge is 0.484 e. The molecule has 2 aromatic heterocycles. The van der Waals surface area contributed by atoms with Crippen LogP contribution < -0.4 is 19.5 Å². The molecule has 1 unspecified atom stereocenters. The standard InChI is InChI=1S/C28H26N6O11/c1-15(17-7-20-21(43-14-42-20)8-18(17)34(38)39)44-28(37)41-10-22-19(35)9-24(45-22)33-13-31-25-26(29-12-30-27(25)33)32-23(36)11-40-16-5-3-2-4-6-16/h2-8,12-13,15,19,22,24,35H,9-11,14H2,1H3,(H,29,30,32,36)/t15?,19-,22+,24+/m0/s1. The fourth-order valence-electron chi connectivity index (χ4n) is 4.85. The minimum absolute atomic E-state index is 0.0813. The van der Waals surface area contributed by atoms with Gasteiger partial charge in [-0.2, -0.15) is 0 Å². The van der Waals surface area contributed by atoms with Gasteiger partial charge in [-0.1, -0.05) is 18.2 Å². The number of fused-ring (bicyclic) bond motifs is 2. The van der Waals surface area contributed by atoms with E-state index in [9.17, 15) is 24.8 Å². The van der Waals surface area contributed by atoms with Crippen molar-refractivity contribution in [1.29, 1.82) is 0 Å². The summed E-state index contributed by atoms with van der Waals surface area (Å²) in [5.41, 5.74) is 0.406. The van der Waals surface area contributed by atoms with Crippen LogP contribution in [0.15, 0.2) is 55.1 Å². The van der Waals surface area contributed by atoms with Crippen molar-refractivity contribution in [3.63, 3.8) is 0 Å². The number of carbonyl (C=O) groups excluding carboxylic acids is 2. The fraction of sp³-hybridized carbons (Fsp3) is 0.321. The van der Waals surface area contributed by atoms with Crippen molar-refractivity contribution < 1.29 is 48.0 Å². The van der Waals surface area contributed by atoms with E-state index < -0.39 is 41.5 Å². The summed E-state index contributed by atoms with van der Waals surface area (Å²) >= 11 is 0. The van der Waals surface area contributed by atoms with Gasteiger partial charge in [0.15, 0.2) is 35.1 Å². The average molecular weight is 623 g/mol. The van der Waals surface area contributed by atoms with E-state index in [-0.39, 0.29) is 55.0 Å². The largest absolute Gasteiger partial charge is 0.508 e. The number of aromatic nitrogens is 4. The van der Waals surface area contributed by atoms with Crippen molar-refractivity contribution in [2.45, 2.75) is 37.9 Å².